The highest BCUT2D eigenvalue weighted by atomic mass is 16.5. The summed E-state index contributed by atoms with van der Waals surface area (Å²) in [7, 11) is 1.55. The van der Waals surface area contributed by atoms with Gasteiger partial charge < -0.3 is 24.4 Å². The van der Waals surface area contributed by atoms with Crippen LogP contribution in [0.2, 0.25) is 0 Å². The van der Waals surface area contributed by atoms with Crippen molar-refractivity contribution in [3.8, 4) is 11.5 Å². The molecule has 0 aliphatic carbocycles. The second-order valence-corrected chi connectivity index (χ2v) is 8.08. The largest absolute Gasteiger partial charge is 0.507 e. The maximum Gasteiger partial charge on any atom is 0.295 e. The minimum atomic E-state index is -0.721. The van der Waals surface area contributed by atoms with Crippen LogP contribution < -0.4 is 9.47 Å². The average Bonchev–Trinajstić information content (AvgIpc) is 3.12. The van der Waals surface area contributed by atoms with Crippen molar-refractivity contribution in [2.24, 2.45) is 0 Å². The highest BCUT2D eigenvalue weighted by molar-refractivity contribution is 6.46. The second kappa shape index (κ2) is 11.7. The van der Waals surface area contributed by atoms with Gasteiger partial charge in [-0.2, -0.15) is 0 Å². The van der Waals surface area contributed by atoms with Crippen molar-refractivity contribution in [2.45, 2.75) is 33.2 Å². The van der Waals surface area contributed by atoms with Crippen molar-refractivity contribution >= 4 is 17.4 Å². The number of rotatable bonds is 11. The maximum absolute atomic E-state index is 13.2. The van der Waals surface area contributed by atoms with Gasteiger partial charge in [-0.1, -0.05) is 50.2 Å². The Morgan fingerprint density at radius 3 is 2.35 bits per heavy atom. The number of aliphatic hydroxyl groups excluding tert-OH is 1. The molecule has 0 aromatic heterocycles. The van der Waals surface area contributed by atoms with E-state index in [1.165, 1.54) is 0 Å². The zero-order valence-electron chi connectivity index (χ0n) is 20.4. The first-order valence-corrected chi connectivity index (χ1v) is 11.8. The predicted molar refractivity (Wildman–Crippen MR) is 132 cm³/mol. The molecule has 7 heteroatoms. The Morgan fingerprint density at radius 1 is 1.03 bits per heavy atom. The third kappa shape index (κ3) is 5.25. The first-order chi connectivity index (χ1) is 16.5. The summed E-state index contributed by atoms with van der Waals surface area (Å²) in [5.41, 5.74) is 1.26. The fourth-order valence-electron chi connectivity index (χ4n) is 4.34. The van der Waals surface area contributed by atoms with Gasteiger partial charge in [-0.25, -0.2) is 0 Å². The number of benzene rings is 2. The van der Waals surface area contributed by atoms with E-state index in [2.05, 4.69) is 18.7 Å². The molecule has 2 aromatic carbocycles. The molecule has 0 bridgehead atoms. The second-order valence-electron chi connectivity index (χ2n) is 8.08. The number of ketones is 1. The van der Waals surface area contributed by atoms with E-state index in [0.717, 1.165) is 19.6 Å². The number of hydrogen-bond acceptors (Lipinski definition) is 6. The number of carbonyl (C=O) groups excluding carboxylic acids is 2. The minimum Gasteiger partial charge on any atom is -0.507 e. The summed E-state index contributed by atoms with van der Waals surface area (Å²) in [4.78, 5) is 30.1. The van der Waals surface area contributed by atoms with Crippen LogP contribution in [0.4, 0.5) is 0 Å². The van der Waals surface area contributed by atoms with Gasteiger partial charge in [0.25, 0.3) is 11.7 Å². The maximum atomic E-state index is 13.2. The summed E-state index contributed by atoms with van der Waals surface area (Å²) < 4.78 is 11.1. The molecule has 1 saturated heterocycles. The van der Waals surface area contributed by atoms with E-state index >= 15 is 0 Å². The Morgan fingerprint density at radius 2 is 1.74 bits per heavy atom. The number of methoxy groups -OCH3 is 1. The summed E-state index contributed by atoms with van der Waals surface area (Å²) >= 11 is 0. The predicted octanol–water partition coefficient (Wildman–Crippen LogP) is 4.25. The average molecular weight is 467 g/mol. The van der Waals surface area contributed by atoms with E-state index in [-0.39, 0.29) is 11.3 Å². The number of aliphatic hydroxyl groups is 1. The van der Waals surface area contributed by atoms with Crippen molar-refractivity contribution in [2.75, 3.05) is 39.9 Å². The molecule has 0 unspecified atom stereocenters. The monoisotopic (exact) mass is 466 g/mol. The molecule has 1 aliphatic heterocycles. The number of carbonyl (C=O) groups is 2. The number of Topliss-reactive ketones (excluding diaryl/α,β-unsaturated/α-hetero) is 1. The highest BCUT2D eigenvalue weighted by Crippen LogP contribution is 2.42. The van der Waals surface area contributed by atoms with Crippen molar-refractivity contribution < 1.29 is 24.2 Å². The van der Waals surface area contributed by atoms with E-state index in [0.29, 0.717) is 42.2 Å². The number of ether oxygens (including phenoxy) is 2. The zero-order chi connectivity index (χ0) is 24.7. The number of nitrogens with zero attached hydrogens (tertiary/aromatic N) is 2. The Bertz CT molecular complexity index is 1030. The van der Waals surface area contributed by atoms with Gasteiger partial charge in [-0.3, -0.25) is 9.59 Å². The quantitative estimate of drug-likeness (QED) is 0.303. The fourth-order valence-corrected chi connectivity index (χ4v) is 4.34. The van der Waals surface area contributed by atoms with Crippen LogP contribution in [-0.4, -0.2) is 66.5 Å². The summed E-state index contributed by atoms with van der Waals surface area (Å²) in [5, 5.41) is 11.1. The molecular formula is C27H34N2O5. The molecular weight excluding hydrogens is 432 g/mol. The normalized spacial score (nSPS) is 17.4. The molecule has 2 aromatic rings. The molecule has 0 radical (unpaired) electrons. The van der Waals surface area contributed by atoms with Crippen molar-refractivity contribution in [1.29, 1.82) is 0 Å². The summed E-state index contributed by atoms with van der Waals surface area (Å²) in [6.07, 6.45) is 0.713. The topological polar surface area (TPSA) is 79.3 Å². The lowest BCUT2D eigenvalue weighted by Gasteiger charge is -2.27. The molecule has 1 atom stereocenters. The van der Waals surface area contributed by atoms with E-state index in [9.17, 15) is 14.7 Å². The Hall–Kier alpha value is -3.32. The molecule has 1 fully saturated rings. The van der Waals surface area contributed by atoms with Crippen LogP contribution in [-0.2, 0) is 9.59 Å². The fraction of sp³-hybridized carbons (Fsp3) is 0.407. The van der Waals surface area contributed by atoms with Crippen LogP contribution in [0.5, 0.6) is 11.5 Å². The van der Waals surface area contributed by atoms with Gasteiger partial charge in [0.1, 0.15) is 5.76 Å². The SMILES string of the molecule is CCOc1ccc([C@H]2/C(=C(\O)c3ccccc3)C(=O)C(=O)N2CCCN(CC)CC)cc1OC. The Labute approximate surface area is 201 Å². The van der Waals surface area contributed by atoms with Gasteiger partial charge in [-0.05, 0) is 50.7 Å². The van der Waals surface area contributed by atoms with Crippen LogP contribution in [0, 0.1) is 0 Å². The first-order valence-electron chi connectivity index (χ1n) is 11.8. The lowest BCUT2D eigenvalue weighted by Crippen LogP contribution is -2.33. The van der Waals surface area contributed by atoms with Gasteiger partial charge in [0.2, 0.25) is 0 Å². The Balaban J connectivity index is 2.07. The van der Waals surface area contributed by atoms with Crippen molar-refractivity contribution in [3.63, 3.8) is 0 Å². The third-order valence-corrected chi connectivity index (χ3v) is 6.16. The summed E-state index contributed by atoms with van der Waals surface area (Å²) in [6.45, 7) is 9.61. The van der Waals surface area contributed by atoms with E-state index in [1.807, 2.05) is 19.1 Å². The van der Waals surface area contributed by atoms with Crippen LogP contribution in [0.3, 0.4) is 0 Å². The standard InChI is InChI=1S/C27H34N2O5/c1-5-28(6-2)16-11-17-29-24(20-14-15-21(34-7-3)22(18-20)33-4)23(26(31)27(29)32)25(30)19-12-9-8-10-13-19/h8-10,12-15,18,24,30H,5-7,11,16-17H2,1-4H3/b25-23+/t24-/m0/s1. The zero-order valence-corrected chi connectivity index (χ0v) is 20.4. The molecule has 3 rings (SSSR count). The van der Waals surface area contributed by atoms with Gasteiger partial charge >= 0.3 is 0 Å². The smallest absolute Gasteiger partial charge is 0.295 e. The minimum absolute atomic E-state index is 0.0882. The van der Waals surface area contributed by atoms with Crippen molar-refractivity contribution in [1.82, 2.24) is 9.80 Å². The summed E-state index contributed by atoms with van der Waals surface area (Å²) in [5.74, 6) is -0.372. The van der Waals surface area contributed by atoms with E-state index < -0.39 is 17.7 Å². The molecule has 1 N–H and O–H groups in total. The van der Waals surface area contributed by atoms with Gasteiger partial charge in [0.15, 0.2) is 11.5 Å². The van der Waals surface area contributed by atoms with E-state index in [1.54, 1.807) is 48.4 Å². The molecule has 7 nitrogen and oxygen atoms in total. The Kier molecular flexibility index (Phi) is 8.71. The number of amides is 1. The van der Waals surface area contributed by atoms with Crippen LogP contribution in [0.25, 0.3) is 5.76 Å². The van der Waals surface area contributed by atoms with Gasteiger partial charge in [0.05, 0.1) is 25.3 Å². The molecule has 0 saturated carbocycles. The lowest BCUT2D eigenvalue weighted by molar-refractivity contribution is -0.140. The van der Waals surface area contributed by atoms with Gasteiger partial charge in [0, 0.05) is 12.1 Å². The molecule has 34 heavy (non-hydrogen) atoms. The molecule has 1 aliphatic rings. The van der Waals surface area contributed by atoms with Crippen LogP contribution in [0.1, 0.15) is 44.4 Å². The molecule has 1 heterocycles. The lowest BCUT2D eigenvalue weighted by atomic mass is 9.95. The first kappa shape index (κ1) is 25.3. The number of likely N-dealkylation sites (tertiary alicyclic amines) is 1. The molecule has 0 spiro atoms. The van der Waals surface area contributed by atoms with Crippen LogP contribution >= 0.6 is 0 Å². The van der Waals surface area contributed by atoms with Crippen molar-refractivity contribution in [3.05, 3.63) is 65.2 Å². The van der Waals surface area contributed by atoms with Crippen LogP contribution in [0.15, 0.2) is 54.1 Å². The molecule has 182 valence electrons. The highest BCUT2D eigenvalue weighted by Gasteiger charge is 2.46. The third-order valence-electron chi connectivity index (χ3n) is 6.16. The number of hydrogen-bond donors (Lipinski definition) is 1. The molecule has 1 amide bonds. The van der Waals surface area contributed by atoms with E-state index in [4.69, 9.17) is 9.47 Å². The van der Waals surface area contributed by atoms with Gasteiger partial charge in [-0.15, -0.1) is 0 Å². The summed E-state index contributed by atoms with van der Waals surface area (Å²) in [6, 6.07) is 13.5.